The SMILES string of the molecule is COc1ccc2c(c1)C(C)CC1(CCCCC1)N2C(=O)C(C)Br. The number of methoxy groups -OCH3 is 1. The maximum absolute atomic E-state index is 13.0. The molecule has 1 saturated carbocycles. The number of amides is 1. The number of ether oxygens (including phenoxy) is 1. The van der Waals surface area contributed by atoms with Crippen molar-refractivity contribution in [2.24, 2.45) is 0 Å². The lowest BCUT2D eigenvalue weighted by molar-refractivity contribution is -0.119. The van der Waals surface area contributed by atoms with Gasteiger partial charge in [-0.3, -0.25) is 4.79 Å². The number of benzene rings is 1. The fourth-order valence-electron chi connectivity index (χ4n) is 4.45. The molecule has 3 rings (SSSR count). The van der Waals surface area contributed by atoms with E-state index in [2.05, 4.69) is 39.9 Å². The van der Waals surface area contributed by atoms with E-state index < -0.39 is 0 Å². The predicted octanol–water partition coefficient (Wildman–Crippen LogP) is 5.02. The molecular weight excluding hydrogens is 354 g/mol. The van der Waals surface area contributed by atoms with Crippen LogP contribution in [0.25, 0.3) is 0 Å². The minimum Gasteiger partial charge on any atom is -0.497 e. The lowest BCUT2D eigenvalue weighted by Gasteiger charge is -2.52. The van der Waals surface area contributed by atoms with Gasteiger partial charge in [0.1, 0.15) is 5.75 Å². The highest BCUT2D eigenvalue weighted by Crippen LogP contribution is 2.50. The van der Waals surface area contributed by atoms with Crippen molar-refractivity contribution >= 4 is 27.5 Å². The molecule has 1 aliphatic heterocycles. The van der Waals surface area contributed by atoms with Crippen LogP contribution in [0.4, 0.5) is 5.69 Å². The van der Waals surface area contributed by atoms with Gasteiger partial charge < -0.3 is 9.64 Å². The second kappa shape index (κ2) is 6.46. The van der Waals surface area contributed by atoms with Crippen LogP contribution in [-0.4, -0.2) is 23.4 Å². The summed E-state index contributed by atoms with van der Waals surface area (Å²) < 4.78 is 5.40. The molecule has 1 aromatic rings. The van der Waals surface area contributed by atoms with Crippen molar-refractivity contribution in [1.29, 1.82) is 0 Å². The number of fused-ring (bicyclic) bond motifs is 1. The fraction of sp³-hybridized carbons (Fsp3) is 0.632. The van der Waals surface area contributed by atoms with Crippen LogP contribution < -0.4 is 9.64 Å². The summed E-state index contributed by atoms with van der Waals surface area (Å²) in [5.41, 5.74) is 2.32. The normalized spacial score (nSPS) is 24.2. The molecule has 0 aromatic heterocycles. The summed E-state index contributed by atoms with van der Waals surface area (Å²) in [4.78, 5) is 15.0. The van der Waals surface area contributed by atoms with Crippen molar-refractivity contribution in [3.8, 4) is 5.75 Å². The first kappa shape index (κ1) is 16.8. The van der Waals surface area contributed by atoms with Gasteiger partial charge in [-0.15, -0.1) is 0 Å². The minimum atomic E-state index is -0.162. The monoisotopic (exact) mass is 379 g/mol. The van der Waals surface area contributed by atoms with Gasteiger partial charge in [0.15, 0.2) is 0 Å². The zero-order valence-electron chi connectivity index (χ0n) is 14.3. The Balaban J connectivity index is 2.12. The van der Waals surface area contributed by atoms with Crippen LogP contribution in [0.15, 0.2) is 18.2 Å². The zero-order valence-corrected chi connectivity index (χ0v) is 15.9. The van der Waals surface area contributed by atoms with Crippen molar-refractivity contribution in [3.05, 3.63) is 23.8 Å². The molecule has 3 nitrogen and oxygen atoms in total. The molecule has 0 bridgehead atoms. The van der Waals surface area contributed by atoms with Crippen LogP contribution in [0.2, 0.25) is 0 Å². The highest BCUT2D eigenvalue weighted by molar-refractivity contribution is 9.10. The summed E-state index contributed by atoms with van der Waals surface area (Å²) in [5, 5.41) is 0. The lowest BCUT2D eigenvalue weighted by Crippen LogP contribution is -2.58. The molecule has 2 aliphatic rings. The van der Waals surface area contributed by atoms with Crippen LogP contribution in [0.5, 0.6) is 5.75 Å². The maximum Gasteiger partial charge on any atom is 0.241 e. The van der Waals surface area contributed by atoms with E-state index in [1.165, 1.54) is 24.8 Å². The Labute approximate surface area is 147 Å². The average Bonchev–Trinajstić information content (AvgIpc) is 2.55. The largest absolute Gasteiger partial charge is 0.497 e. The summed E-state index contributed by atoms with van der Waals surface area (Å²) in [6.07, 6.45) is 7.02. The van der Waals surface area contributed by atoms with E-state index in [0.29, 0.717) is 5.92 Å². The molecule has 23 heavy (non-hydrogen) atoms. The first-order valence-electron chi connectivity index (χ1n) is 8.64. The van der Waals surface area contributed by atoms with Crippen molar-refractivity contribution in [2.45, 2.75) is 68.7 Å². The van der Waals surface area contributed by atoms with Crippen LogP contribution in [0, 0.1) is 0 Å². The Bertz CT molecular complexity index is 593. The molecule has 1 fully saturated rings. The van der Waals surface area contributed by atoms with Gasteiger partial charge in [0, 0.05) is 11.2 Å². The third-order valence-corrected chi connectivity index (χ3v) is 5.90. The quantitative estimate of drug-likeness (QED) is 0.674. The van der Waals surface area contributed by atoms with Gasteiger partial charge >= 0.3 is 0 Å². The van der Waals surface area contributed by atoms with Crippen molar-refractivity contribution in [3.63, 3.8) is 0 Å². The molecule has 1 aliphatic carbocycles. The fourth-order valence-corrected chi connectivity index (χ4v) is 4.66. The van der Waals surface area contributed by atoms with E-state index in [1.54, 1.807) is 7.11 Å². The standard InChI is InChI=1S/C19H26BrNO2/c1-13-12-19(9-5-4-6-10-19)21(18(22)14(2)20)17-8-7-15(23-3)11-16(13)17/h7-8,11,13-14H,4-6,9-10,12H2,1-3H3. The topological polar surface area (TPSA) is 29.5 Å². The number of anilines is 1. The number of carbonyl (C=O) groups excluding carboxylic acids is 1. The van der Waals surface area contributed by atoms with Crippen molar-refractivity contribution in [1.82, 2.24) is 0 Å². The van der Waals surface area contributed by atoms with E-state index in [1.807, 2.05) is 13.0 Å². The highest BCUT2D eigenvalue weighted by atomic mass is 79.9. The van der Waals surface area contributed by atoms with E-state index >= 15 is 0 Å². The molecule has 1 spiro atoms. The second-order valence-electron chi connectivity index (χ2n) is 7.10. The number of nitrogens with zero attached hydrogens (tertiary/aromatic N) is 1. The Morgan fingerprint density at radius 2 is 2.04 bits per heavy atom. The van der Waals surface area contributed by atoms with E-state index in [0.717, 1.165) is 30.7 Å². The maximum atomic E-state index is 13.0. The number of halogens is 1. The number of alkyl halides is 1. The first-order chi connectivity index (χ1) is 11.0. The average molecular weight is 380 g/mol. The van der Waals surface area contributed by atoms with E-state index in [4.69, 9.17) is 4.74 Å². The molecule has 4 heteroatoms. The summed E-state index contributed by atoms with van der Waals surface area (Å²) in [6, 6.07) is 6.16. The summed E-state index contributed by atoms with van der Waals surface area (Å²) >= 11 is 3.50. The number of rotatable bonds is 2. The number of hydrogen-bond acceptors (Lipinski definition) is 2. The Morgan fingerprint density at radius 1 is 1.35 bits per heavy atom. The zero-order chi connectivity index (χ0) is 16.6. The van der Waals surface area contributed by atoms with Gasteiger partial charge in [-0.25, -0.2) is 0 Å². The van der Waals surface area contributed by atoms with Gasteiger partial charge in [-0.2, -0.15) is 0 Å². The third kappa shape index (κ3) is 2.90. The van der Waals surface area contributed by atoms with Crippen molar-refractivity contribution in [2.75, 3.05) is 12.0 Å². The summed E-state index contributed by atoms with van der Waals surface area (Å²) in [7, 11) is 1.70. The van der Waals surface area contributed by atoms with Crippen molar-refractivity contribution < 1.29 is 9.53 Å². The van der Waals surface area contributed by atoms with Crippen LogP contribution in [-0.2, 0) is 4.79 Å². The number of carbonyl (C=O) groups is 1. The predicted molar refractivity (Wildman–Crippen MR) is 97.7 cm³/mol. The smallest absolute Gasteiger partial charge is 0.241 e. The Morgan fingerprint density at radius 3 is 2.65 bits per heavy atom. The van der Waals surface area contributed by atoms with Crippen LogP contribution in [0.3, 0.4) is 0 Å². The van der Waals surface area contributed by atoms with Gasteiger partial charge in [0.25, 0.3) is 0 Å². The summed E-state index contributed by atoms with van der Waals surface area (Å²) in [6.45, 7) is 4.22. The third-order valence-electron chi connectivity index (χ3n) is 5.51. The minimum absolute atomic E-state index is 0.00162. The molecule has 1 amide bonds. The Hall–Kier alpha value is -1.03. The van der Waals surface area contributed by atoms with Gasteiger partial charge in [0.2, 0.25) is 5.91 Å². The van der Waals surface area contributed by atoms with Gasteiger partial charge in [0.05, 0.1) is 11.9 Å². The molecule has 2 unspecified atom stereocenters. The van der Waals surface area contributed by atoms with E-state index in [-0.39, 0.29) is 16.3 Å². The summed E-state index contributed by atoms with van der Waals surface area (Å²) in [5.74, 6) is 1.51. The second-order valence-corrected chi connectivity index (χ2v) is 8.48. The molecule has 126 valence electrons. The molecule has 1 heterocycles. The molecule has 0 N–H and O–H groups in total. The molecule has 2 atom stereocenters. The number of hydrogen-bond donors (Lipinski definition) is 0. The van der Waals surface area contributed by atoms with Gasteiger partial charge in [-0.05, 0) is 55.9 Å². The van der Waals surface area contributed by atoms with E-state index in [9.17, 15) is 4.79 Å². The molecule has 0 saturated heterocycles. The van der Waals surface area contributed by atoms with Crippen LogP contribution in [0.1, 0.15) is 63.9 Å². The highest BCUT2D eigenvalue weighted by Gasteiger charge is 2.47. The molecule has 0 radical (unpaired) electrons. The van der Waals surface area contributed by atoms with Gasteiger partial charge in [-0.1, -0.05) is 42.1 Å². The Kier molecular flexibility index (Phi) is 4.73. The lowest BCUT2D eigenvalue weighted by atomic mass is 9.70. The van der Waals surface area contributed by atoms with Crippen LogP contribution >= 0.6 is 15.9 Å². The first-order valence-corrected chi connectivity index (χ1v) is 9.56. The molecular formula is C19H26BrNO2. The molecule has 1 aromatic carbocycles.